The molecule has 9 nitrogen and oxygen atoms in total. The van der Waals surface area contributed by atoms with Gasteiger partial charge in [-0.2, -0.15) is 5.10 Å². The molecule has 2 aliphatic heterocycles. The summed E-state index contributed by atoms with van der Waals surface area (Å²) in [4.78, 5) is 20.9. The highest BCUT2D eigenvalue weighted by Crippen LogP contribution is 2.21. The summed E-state index contributed by atoms with van der Waals surface area (Å²) in [6, 6.07) is 0. The third-order valence-electron chi connectivity index (χ3n) is 5.93. The zero-order valence-electron chi connectivity index (χ0n) is 18.4. The molecule has 1 aromatic heterocycles. The number of nitrogens with two attached hydrogens (primary N) is 1. The lowest BCUT2D eigenvalue weighted by atomic mass is 9.96. The molecule has 0 aliphatic carbocycles. The first kappa shape index (κ1) is 22.6. The second-order valence-electron chi connectivity index (χ2n) is 8.21. The maximum Gasteiger partial charge on any atom is 0.220 e. The lowest BCUT2D eigenvalue weighted by Gasteiger charge is -2.34. The molecule has 2 fully saturated rings. The normalized spacial score (nSPS) is 21.7. The molecule has 0 aromatic carbocycles. The number of nitrogens with zero attached hydrogens (tertiary/aromatic N) is 5. The minimum Gasteiger partial charge on any atom is -0.370 e. The largest absolute Gasteiger partial charge is 0.370 e. The van der Waals surface area contributed by atoms with Crippen LogP contribution in [0.1, 0.15) is 44.3 Å². The van der Waals surface area contributed by atoms with E-state index >= 15 is 0 Å². The van der Waals surface area contributed by atoms with Crippen LogP contribution in [0, 0.1) is 5.92 Å². The van der Waals surface area contributed by atoms with Gasteiger partial charge in [0, 0.05) is 44.4 Å². The molecule has 3 rings (SSSR count). The predicted octanol–water partition coefficient (Wildman–Crippen LogP) is 0.736. The molecule has 1 aromatic rings. The number of nitrogens with one attached hydrogen (secondary N) is 1. The summed E-state index contributed by atoms with van der Waals surface area (Å²) in [6.45, 7) is 9.10. The molecule has 0 radical (unpaired) electrons. The van der Waals surface area contributed by atoms with Crippen LogP contribution in [0.5, 0.6) is 0 Å². The molecule has 0 saturated carbocycles. The van der Waals surface area contributed by atoms with Gasteiger partial charge in [0.15, 0.2) is 5.96 Å². The van der Waals surface area contributed by atoms with Crippen molar-refractivity contribution in [3.63, 3.8) is 0 Å². The van der Waals surface area contributed by atoms with Gasteiger partial charge in [0.2, 0.25) is 5.91 Å². The van der Waals surface area contributed by atoms with Gasteiger partial charge in [-0.05, 0) is 52.2 Å². The van der Waals surface area contributed by atoms with Crippen molar-refractivity contribution in [2.45, 2.75) is 38.7 Å². The van der Waals surface area contributed by atoms with Gasteiger partial charge < -0.3 is 25.6 Å². The number of hydrogen-bond donors (Lipinski definition) is 2. The van der Waals surface area contributed by atoms with Gasteiger partial charge >= 0.3 is 0 Å². The molecule has 1 atom stereocenters. The smallest absolute Gasteiger partial charge is 0.220 e. The number of primary amides is 1. The number of likely N-dealkylation sites (tertiary alicyclic amines) is 1. The second-order valence-corrected chi connectivity index (χ2v) is 8.21. The third kappa shape index (κ3) is 6.43. The molecule has 168 valence electrons. The van der Waals surface area contributed by atoms with Crippen molar-refractivity contribution < 1.29 is 9.53 Å². The molecule has 30 heavy (non-hydrogen) atoms. The van der Waals surface area contributed by atoms with Crippen LogP contribution < -0.4 is 11.1 Å². The van der Waals surface area contributed by atoms with Gasteiger partial charge in [0.05, 0.1) is 19.3 Å². The van der Waals surface area contributed by atoms with E-state index in [1.165, 1.54) is 0 Å². The summed E-state index contributed by atoms with van der Waals surface area (Å²) < 4.78 is 7.77. The van der Waals surface area contributed by atoms with Gasteiger partial charge in [0.1, 0.15) is 6.10 Å². The number of carbonyl (C=O) groups excluding carboxylic acids is 1. The van der Waals surface area contributed by atoms with Crippen molar-refractivity contribution in [3.8, 4) is 0 Å². The number of aliphatic imine (C=N–C) groups is 1. The van der Waals surface area contributed by atoms with E-state index in [0.29, 0.717) is 6.61 Å². The van der Waals surface area contributed by atoms with Crippen LogP contribution in [-0.4, -0.2) is 83.9 Å². The number of aryl methyl sites for hydroxylation is 1. The fraction of sp³-hybridized carbons (Fsp3) is 0.762. The van der Waals surface area contributed by atoms with E-state index in [1.807, 2.05) is 24.1 Å². The summed E-state index contributed by atoms with van der Waals surface area (Å²) in [5.41, 5.74) is 6.52. The van der Waals surface area contributed by atoms with Crippen LogP contribution >= 0.6 is 0 Å². The van der Waals surface area contributed by atoms with Gasteiger partial charge in [-0.1, -0.05) is 0 Å². The number of unbranched alkanes of at least 4 members (excludes halogenated alkanes) is 1. The van der Waals surface area contributed by atoms with Crippen LogP contribution in [0.2, 0.25) is 0 Å². The molecule has 2 aliphatic rings. The van der Waals surface area contributed by atoms with Gasteiger partial charge in [0.25, 0.3) is 0 Å². The molecule has 0 spiro atoms. The molecule has 0 bridgehead atoms. The lowest BCUT2D eigenvalue weighted by molar-refractivity contribution is -0.123. The highest BCUT2D eigenvalue weighted by molar-refractivity contribution is 5.80. The first-order valence-corrected chi connectivity index (χ1v) is 11.2. The van der Waals surface area contributed by atoms with Gasteiger partial charge in [-0.3, -0.25) is 14.5 Å². The molecular weight excluding hydrogens is 382 g/mol. The number of hydrogen-bond acceptors (Lipinski definition) is 5. The van der Waals surface area contributed by atoms with Crippen molar-refractivity contribution in [2.75, 3.05) is 52.4 Å². The minimum atomic E-state index is -0.145. The molecule has 3 heterocycles. The summed E-state index contributed by atoms with van der Waals surface area (Å²) in [6.07, 6.45) is 7.89. The van der Waals surface area contributed by atoms with Crippen LogP contribution in [0.25, 0.3) is 0 Å². The predicted molar refractivity (Wildman–Crippen MR) is 117 cm³/mol. The Morgan fingerprint density at radius 3 is 2.80 bits per heavy atom. The average Bonchev–Trinajstić information content (AvgIpc) is 3.19. The Morgan fingerprint density at radius 1 is 1.33 bits per heavy atom. The Kier molecular flexibility index (Phi) is 8.50. The highest BCUT2D eigenvalue weighted by atomic mass is 16.5. The Morgan fingerprint density at radius 2 is 2.13 bits per heavy atom. The molecule has 1 amide bonds. The summed E-state index contributed by atoms with van der Waals surface area (Å²) >= 11 is 0. The SMILES string of the molecule is CCNC(=NCCCCN1CCC(C(N)=O)CC1)N1CCOC(c2cnn(C)c2)C1. The zero-order valence-corrected chi connectivity index (χ0v) is 18.4. The molecule has 1 unspecified atom stereocenters. The maximum atomic E-state index is 11.3. The van der Waals surface area contributed by atoms with E-state index in [-0.39, 0.29) is 17.9 Å². The van der Waals surface area contributed by atoms with Crippen LogP contribution in [0.4, 0.5) is 0 Å². The Bertz CT molecular complexity index is 697. The van der Waals surface area contributed by atoms with Crippen molar-refractivity contribution in [1.29, 1.82) is 0 Å². The summed E-state index contributed by atoms with van der Waals surface area (Å²) in [7, 11) is 1.93. The zero-order chi connectivity index (χ0) is 21.3. The van der Waals surface area contributed by atoms with Gasteiger partial charge in [-0.25, -0.2) is 0 Å². The standard InChI is InChI=1S/C21H37N7O2/c1-3-23-21(28-12-13-30-19(16-28)18-14-25-26(2)15-18)24-8-4-5-9-27-10-6-17(7-11-27)20(22)29/h14-15,17,19H,3-13,16H2,1-2H3,(H2,22,29)(H,23,24). The molecule has 2 saturated heterocycles. The highest BCUT2D eigenvalue weighted by Gasteiger charge is 2.25. The van der Waals surface area contributed by atoms with Gasteiger partial charge in [-0.15, -0.1) is 0 Å². The van der Waals surface area contributed by atoms with E-state index < -0.39 is 0 Å². The second kappa shape index (κ2) is 11.3. The number of morpholine rings is 1. The van der Waals surface area contributed by atoms with Crippen molar-refractivity contribution in [3.05, 3.63) is 18.0 Å². The molecular formula is C21H37N7O2. The van der Waals surface area contributed by atoms with E-state index in [4.69, 9.17) is 15.5 Å². The maximum absolute atomic E-state index is 11.3. The first-order valence-electron chi connectivity index (χ1n) is 11.2. The lowest BCUT2D eigenvalue weighted by Crippen LogP contribution is -2.48. The monoisotopic (exact) mass is 419 g/mol. The van der Waals surface area contributed by atoms with Crippen molar-refractivity contribution in [1.82, 2.24) is 24.9 Å². The average molecular weight is 420 g/mol. The number of piperidine rings is 1. The molecule has 9 heteroatoms. The fourth-order valence-electron chi connectivity index (χ4n) is 4.15. The van der Waals surface area contributed by atoms with Crippen LogP contribution in [-0.2, 0) is 16.6 Å². The van der Waals surface area contributed by atoms with Crippen molar-refractivity contribution in [2.24, 2.45) is 23.7 Å². The molecule has 3 N–H and O–H groups in total. The van der Waals surface area contributed by atoms with Crippen LogP contribution in [0.3, 0.4) is 0 Å². The van der Waals surface area contributed by atoms with E-state index in [1.54, 1.807) is 0 Å². The summed E-state index contributed by atoms with van der Waals surface area (Å²) in [5.74, 6) is 0.892. The minimum absolute atomic E-state index is 0.0274. The number of carbonyl (C=O) groups is 1. The van der Waals surface area contributed by atoms with Crippen LogP contribution in [0.15, 0.2) is 17.4 Å². The van der Waals surface area contributed by atoms with E-state index in [0.717, 1.165) is 83.0 Å². The number of amides is 1. The summed E-state index contributed by atoms with van der Waals surface area (Å²) in [5, 5.41) is 7.70. The third-order valence-corrected chi connectivity index (χ3v) is 5.93. The number of guanidine groups is 1. The van der Waals surface area contributed by atoms with Crippen molar-refractivity contribution >= 4 is 11.9 Å². The number of aromatic nitrogens is 2. The quantitative estimate of drug-likeness (QED) is 0.366. The first-order chi connectivity index (χ1) is 14.6. The number of ether oxygens (including phenoxy) is 1. The Balaban J connectivity index is 1.42. The van der Waals surface area contributed by atoms with E-state index in [2.05, 4.69) is 27.1 Å². The Labute approximate surface area is 179 Å². The Hall–Kier alpha value is -2.13. The topological polar surface area (TPSA) is 101 Å². The number of rotatable bonds is 8. The van der Waals surface area contributed by atoms with E-state index in [9.17, 15) is 4.79 Å². The fourth-order valence-corrected chi connectivity index (χ4v) is 4.15.